The van der Waals surface area contributed by atoms with Gasteiger partial charge in [0.2, 0.25) is 10.0 Å². The van der Waals surface area contributed by atoms with E-state index in [1.807, 2.05) is 6.07 Å². The van der Waals surface area contributed by atoms with E-state index in [1.54, 1.807) is 30.6 Å². The van der Waals surface area contributed by atoms with Gasteiger partial charge in [0.1, 0.15) is 0 Å². The Balaban J connectivity index is 2.44. The Kier molecular flexibility index (Phi) is 4.01. The van der Waals surface area contributed by atoms with Crippen LogP contribution in [0.15, 0.2) is 41.6 Å². The zero-order valence-corrected chi connectivity index (χ0v) is 11.9. The third-order valence-corrected chi connectivity index (χ3v) is 4.94. The fourth-order valence-corrected chi connectivity index (χ4v) is 3.27. The quantitative estimate of drug-likeness (QED) is 0.638. The molecule has 0 bridgehead atoms. The Morgan fingerprint density at radius 1 is 1.40 bits per heavy atom. The summed E-state index contributed by atoms with van der Waals surface area (Å²) in [6.45, 7) is 0.180. The maximum Gasteiger partial charge on any atom is 0.243 e. The number of nitrogens with zero attached hydrogens (tertiary/aromatic N) is 2. The van der Waals surface area contributed by atoms with Crippen molar-refractivity contribution in [2.24, 2.45) is 5.73 Å². The van der Waals surface area contributed by atoms with Gasteiger partial charge in [-0.1, -0.05) is 12.1 Å². The number of rotatable bonds is 5. The molecule has 7 heteroatoms. The lowest BCUT2D eigenvalue weighted by atomic mass is 10.2. The van der Waals surface area contributed by atoms with E-state index in [9.17, 15) is 8.42 Å². The van der Waals surface area contributed by atoms with E-state index in [4.69, 9.17) is 11.1 Å². The van der Waals surface area contributed by atoms with Crippen LogP contribution in [0.2, 0.25) is 0 Å². The van der Waals surface area contributed by atoms with Crippen molar-refractivity contribution in [1.29, 1.82) is 5.41 Å². The van der Waals surface area contributed by atoms with E-state index < -0.39 is 10.0 Å². The fraction of sp³-hybridized carbons (Fsp3) is 0.231. The van der Waals surface area contributed by atoms with Crippen molar-refractivity contribution >= 4 is 26.6 Å². The number of sulfonamides is 1. The first kappa shape index (κ1) is 14.4. The summed E-state index contributed by atoms with van der Waals surface area (Å²) < 4.78 is 26.3. The van der Waals surface area contributed by atoms with Gasteiger partial charge in [-0.25, -0.2) is 12.7 Å². The predicted octanol–water partition coefficient (Wildman–Crippen LogP) is 1.18. The highest BCUT2D eigenvalue weighted by atomic mass is 32.2. The molecule has 0 atom stereocenters. The van der Waals surface area contributed by atoms with Crippen molar-refractivity contribution in [3.63, 3.8) is 0 Å². The zero-order chi connectivity index (χ0) is 14.8. The Bertz CT molecular complexity index is 738. The van der Waals surface area contributed by atoms with Gasteiger partial charge in [-0.2, -0.15) is 0 Å². The van der Waals surface area contributed by atoms with Gasteiger partial charge in [0.25, 0.3) is 0 Å². The van der Waals surface area contributed by atoms with Crippen molar-refractivity contribution in [1.82, 2.24) is 9.29 Å². The number of hydrogen-bond donors (Lipinski definition) is 2. The van der Waals surface area contributed by atoms with E-state index in [-0.39, 0.29) is 23.7 Å². The van der Waals surface area contributed by atoms with Crippen molar-refractivity contribution in [3.05, 3.63) is 36.7 Å². The predicted molar refractivity (Wildman–Crippen MR) is 78.1 cm³/mol. The van der Waals surface area contributed by atoms with Crippen LogP contribution in [-0.2, 0) is 10.0 Å². The summed E-state index contributed by atoms with van der Waals surface area (Å²) in [5, 5.41) is 8.58. The number of benzene rings is 1. The van der Waals surface area contributed by atoms with Crippen LogP contribution in [0.1, 0.15) is 6.42 Å². The van der Waals surface area contributed by atoms with Crippen molar-refractivity contribution in [3.8, 4) is 0 Å². The summed E-state index contributed by atoms with van der Waals surface area (Å²) >= 11 is 0. The van der Waals surface area contributed by atoms with Gasteiger partial charge in [-0.3, -0.25) is 10.4 Å². The van der Waals surface area contributed by atoms with Crippen molar-refractivity contribution in [2.75, 3.05) is 13.6 Å². The largest absolute Gasteiger partial charge is 0.388 e. The second kappa shape index (κ2) is 5.56. The van der Waals surface area contributed by atoms with Gasteiger partial charge in [0.05, 0.1) is 10.7 Å². The summed E-state index contributed by atoms with van der Waals surface area (Å²) in [5.41, 5.74) is 5.27. The summed E-state index contributed by atoms with van der Waals surface area (Å²) in [5.74, 6) is -0.0332. The standard InChI is InChI=1S/C13H16N4O2S/c1-17(8-6-13(14)15)20(18,19)12-4-2-3-10-9-16-7-5-11(10)12/h2-5,7,9H,6,8H2,1H3,(H3,14,15). The number of amidine groups is 1. The second-order valence-electron chi connectivity index (χ2n) is 4.45. The number of aromatic nitrogens is 1. The summed E-state index contributed by atoms with van der Waals surface area (Å²) in [4.78, 5) is 4.23. The van der Waals surface area contributed by atoms with E-state index >= 15 is 0 Å². The molecule has 0 saturated carbocycles. The third-order valence-electron chi connectivity index (χ3n) is 3.02. The molecule has 0 unspecified atom stereocenters. The molecule has 0 amide bonds. The van der Waals surface area contributed by atoms with Crippen molar-refractivity contribution < 1.29 is 8.42 Å². The maximum atomic E-state index is 12.6. The van der Waals surface area contributed by atoms with Crippen LogP contribution >= 0.6 is 0 Å². The van der Waals surface area contributed by atoms with E-state index in [0.717, 1.165) is 5.39 Å². The molecule has 3 N–H and O–H groups in total. The number of nitrogens with two attached hydrogens (primary N) is 1. The number of fused-ring (bicyclic) bond motifs is 1. The van der Waals surface area contributed by atoms with Crippen LogP contribution in [0.5, 0.6) is 0 Å². The second-order valence-corrected chi connectivity index (χ2v) is 6.47. The lowest BCUT2D eigenvalue weighted by molar-refractivity contribution is 0.479. The molecule has 6 nitrogen and oxygen atoms in total. The first-order valence-electron chi connectivity index (χ1n) is 6.05. The van der Waals surface area contributed by atoms with Gasteiger partial charge in [-0.15, -0.1) is 0 Å². The van der Waals surface area contributed by atoms with Gasteiger partial charge in [0.15, 0.2) is 0 Å². The Labute approximate surface area is 117 Å². The number of nitrogens with one attached hydrogen (secondary N) is 1. The first-order valence-corrected chi connectivity index (χ1v) is 7.49. The number of hydrogen-bond acceptors (Lipinski definition) is 4. The molecule has 0 spiro atoms. The molecule has 2 rings (SSSR count). The number of pyridine rings is 1. The van der Waals surface area contributed by atoms with Gasteiger partial charge in [0, 0.05) is 43.2 Å². The van der Waals surface area contributed by atoms with Crippen LogP contribution < -0.4 is 5.73 Å². The van der Waals surface area contributed by atoms with Crippen LogP contribution in [0.25, 0.3) is 10.8 Å². The molecule has 0 fully saturated rings. The first-order chi connectivity index (χ1) is 9.43. The molecule has 1 aromatic heterocycles. The molecule has 0 aliphatic carbocycles. The molecule has 106 valence electrons. The summed E-state index contributed by atoms with van der Waals surface area (Å²) in [6, 6.07) is 6.76. The van der Waals surface area contributed by atoms with Crippen LogP contribution in [0.3, 0.4) is 0 Å². The minimum Gasteiger partial charge on any atom is -0.388 e. The SMILES string of the molecule is CN(CCC(=N)N)S(=O)(=O)c1cccc2cnccc12. The molecule has 1 heterocycles. The van der Waals surface area contributed by atoms with Gasteiger partial charge >= 0.3 is 0 Å². The third kappa shape index (κ3) is 2.78. The maximum absolute atomic E-state index is 12.6. The minimum absolute atomic E-state index is 0.0332. The lowest BCUT2D eigenvalue weighted by Crippen LogP contribution is -2.30. The van der Waals surface area contributed by atoms with Gasteiger partial charge in [-0.05, 0) is 12.1 Å². The summed E-state index contributed by atoms with van der Waals surface area (Å²) in [6.07, 6.45) is 3.41. The molecule has 20 heavy (non-hydrogen) atoms. The van der Waals surface area contributed by atoms with E-state index in [0.29, 0.717) is 5.39 Å². The van der Waals surface area contributed by atoms with Crippen LogP contribution in [-0.4, -0.2) is 37.1 Å². The van der Waals surface area contributed by atoms with Crippen LogP contribution in [0.4, 0.5) is 0 Å². The van der Waals surface area contributed by atoms with Crippen LogP contribution in [0, 0.1) is 5.41 Å². The zero-order valence-electron chi connectivity index (χ0n) is 11.1. The smallest absolute Gasteiger partial charge is 0.243 e. The normalized spacial score (nSPS) is 11.9. The lowest BCUT2D eigenvalue weighted by Gasteiger charge is -2.18. The summed E-state index contributed by atoms with van der Waals surface area (Å²) in [7, 11) is -2.12. The van der Waals surface area contributed by atoms with Gasteiger partial charge < -0.3 is 5.73 Å². The topological polar surface area (TPSA) is 100 Å². The molecular formula is C13H16N4O2S. The Hall–Kier alpha value is -1.99. The van der Waals surface area contributed by atoms with E-state index in [1.165, 1.54) is 11.4 Å². The monoisotopic (exact) mass is 292 g/mol. The van der Waals surface area contributed by atoms with E-state index in [2.05, 4.69) is 4.98 Å². The minimum atomic E-state index is -3.61. The molecule has 0 aliphatic heterocycles. The highest BCUT2D eigenvalue weighted by molar-refractivity contribution is 7.89. The highest BCUT2D eigenvalue weighted by Crippen LogP contribution is 2.24. The highest BCUT2D eigenvalue weighted by Gasteiger charge is 2.22. The molecule has 1 aromatic carbocycles. The fourth-order valence-electron chi connectivity index (χ4n) is 1.88. The molecule has 0 aliphatic rings. The molecule has 2 aromatic rings. The Morgan fingerprint density at radius 3 is 2.85 bits per heavy atom. The average molecular weight is 292 g/mol. The van der Waals surface area contributed by atoms with Crippen molar-refractivity contribution in [2.45, 2.75) is 11.3 Å². The Morgan fingerprint density at radius 2 is 2.15 bits per heavy atom. The average Bonchev–Trinajstić information content (AvgIpc) is 2.43. The molecular weight excluding hydrogens is 276 g/mol. The molecule has 0 radical (unpaired) electrons. The molecule has 0 saturated heterocycles.